The first-order valence-corrected chi connectivity index (χ1v) is 6.46. The standard InChI is InChI=1S/C14H20N2O/c17-11-14-7-6-13(15-10-14)9-16(14)8-12-4-2-1-3-5-12/h1-5,13,15,17H,6-11H2. The zero-order chi connectivity index (χ0) is 11.7. The number of hydrogen-bond acceptors (Lipinski definition) is 3. The molecule has 3 fully saturated rings. The highest BCUT2D eigenvalue weighted by Crippen LogP contribution is 2.33. The van der Waals surface area contributed by atoms with E-state index in [4.69, 9.17) is 0 Å². The summed E-state index contributed by atoms with van der Waals surface area (Å²) in [6, 6.07) is 11.2. The molecule has 2 bridgehead atoms. The number of nitrogens with zero attached hydrogens (tertiary/aromatic N) is 1. The van der Waals surface area contributed by atoms with Crippen molar-refractivity contribution >= 4 is 0 Å². The van der Waals surface area contributed by atoms with E-state index in [9.17, 15) is 5.11 Å². The Bertz CT molecular complexity index is 371. The van der Waals surface area contributed by atoms with Crippen LogP contribution >= 0.6 is 0 Å². The van der Waals surface area contributed by atoms with Crippen LogP contribution in [0, 0.1) is 0 Å². The first-order valence-electron chi connectivity index (χ1n) is 6.46. The number of benzene rings is 1. The third-order valence-electron chi connectivity index (χ3n) is 4.30. The molecule has 2 atom stereocenters. The third kappa shape index (κ3) is 1.99. The van der Waals surface area contributed by atoms with Crippen LogP contribution in [-0.4, -0.2) is 41.3 Å². The third-order valence-corrected chi connectivity index (χ3v) is 4.30. The highest BCUT2D eigenvalue weighted by molar-refractivity contribution is 5.16. The predicted molar refractivity (Wildman–Crippen MR) is 67.7 cm³/mol. The van der Waals surface area contributed by atoms with E-state index >= 15 is 0 Å². The molecule has 3 aliphatic heterocycles. The normalized spacial score (nSPS) is 32.9. The maximum Gasteiger partial charge on any atom is 0.0628 e. The summed E-state index contributed by atoms with van der Waals surface area (Å²) in [4.78, 5) is 2.47. The number of nitrogens with one attached hydrogen (secondary N) is 1. The van der Waals surface area contributed by atoms with Crippen LogP contribution in [0.1, 0.15) is 18.4 Å². The van der Waals surface area contributed by atoms with Crippen LogP contribution in [-0.2, 0) is 6.54 Å². The molecule has 0 saturated carbocycles. The summed E-state index contributed by atoms with van der Waals surface area (Å²) in [6.45, 7) is 3.22. The van der Waals surface area contributed by atoms with E-state index in [1.165, 1.54) is 12.0 Å². The molecule has 4 rings (SSSR count). The van der Waals surface area contributed by atoms with Gasteiger partial charge in [0, 0.05) is 25.7 Å². The van der Waals surface area contributed by atoms with Gasteiger partial charge in [0.15, 0.2) is 0 Å². The molecule has 2 unspecified atom stereocenters. The summed E-state index contributed by atoms with van der Waals surface area (Å²) in [5.41, 5.74) is 1.32. The molecule has 3 heterocycles. The van der Waals surface area contributed by atoms with Gasteiger partial charge in [0.2, 0.25) is 0 Å². The van der Waals surface area contributed by atoms with Crippen molar-refractivity contribution in [1.82, 2.24) is 10.2 Å². The number of aliphatic hydroxyl groups is 1. The molecule has 3 aliphatic rings. The summed E-state index contributed by atoms with van der Waals surface area (Å²) >= 11 is 0. The number of fused-ring (bicyclic) bond motifs is 3. The highest BCUT2D eigenvalue weighted by Gasteiger charge is 2.45. The predicted octanol–water partition coefficient (Wildman–Crippen LogP) is 0.985. The van der Waals surface area contributed by atoms with Crippen LogP contribution in [0.25, 0.3) is 0 Å². The molecule has 3 saturated heterocycles. The Hall–Kier alpha value is -0.900. The van der Waals surface area contributed by atoms with Gasteiger partial charge >= 0.3 is 0 Å². The van der Waals surface area contributed by atoms with Gasteiger partial charge in [-0.1, -0.05) is 30.3 Å². The van der Waals surface area contributed by atoms with Gasteiger partial charge in [0.25, 0.3) is 0 Å². The second-order valence-corrected chi connectivity index (χ2v) is 5.37. The van der Waals surface area contributed by atoms with E-state index in [2.05, 4.69) is 40.5 Å². The molecule has 3 nitrogen and oxygen atoms in total. The SMILES string of the molecule is OCC12CCC(CN1Cc1ccccc1)NC2. The summed E-state index contributed by atoms with van der Waals surface area (Å²) in [7, 11) is 0. The van der Waals surface area contributed by atoms with Crippen LogP contribution in [0.5, 0.6) is 0 Å². The van der Waals surface area contributed by atoms with Crippen LogP contribution in [0.4, 0.5) is 0 Å². The van der Waals surface area contributed by atoms with Gasteiger partial charge in [-0.15, -0.1) is 0 Å². The topological polar surface area (TPSA) is 35.5 Å². The van der Waals surface area contributed by atoms with Gasteiger partial charge in [-0.05, 0) is 18.4 Å². The Morgan fingerprint density at radius 3 is 2.82 bits per heavy atom. The van der Waals surface area contributed by atoms with Crippen molar-refractivity contribution in [2.45, 2.75) is 31.0 Å². The molecule has 0 spiro atoms. The molecule has 1 aromatic rings. The fourth-order valence-electron chi connectivity index (χ4n) is 3.12. The summed E-state index contributed by atoms with van der Waals surface area (Å²) < 4.78 is 0. The lowest BCUT2D eigenvalue weighted by atomic mass is 9.80. The average Bonchev–Trinajstić information content (AvgIpc) is 2.41. The molecule has 0 aromatic heterocycles. The number of piperazine rings is 1. The maximum atomic E-state index is 9.73. The van der Waals surface area contributed by atoms with Gasteiger partial charge in [-0.2, -0.15) is 0 Å². The Morgan fingerprint density at radius 2 is 2.18 bits per heavy atom. The van der Waals surface area contributed by atoms with Gasteiger partial charge in [-0.25, -0.2) is 0 Å². The second kappa shape index (κ2) is 4.41. The molecular formula is C14H20N2O. The van der Waals surface area contributed by atoms with Crippen molar-refractivity contribution in [2.24, 2.45) is 0 Å². The lowest BCUT2D eigenvalue weighted by molar-refractivity contribution is -0.0509. The number of hydrogen-bond donors (Lipinski definition) is 2. The van der Waals surface area contributed by atoms with E-state index in [0.29, 0.717) is 6.04 Å². The number of piperidine rings is 2. The monoisotopic (exact) mass is 232 g/mol. The Labute approximate surface area is 102 Å². The van der Waals surface area contributed by atoms with Crippen molar-refractivity contribution < 1.29 is 5.11 Å². The van der Waals surface area contributed by atoms with Gasteiger partial charge in [-0.3, -0.25) is 4.90 Å². The summed E-state index contributed by atoms with van der Waals surface area (Å²) in [6.07, 6.45) is 2.32. The molecule has 17 heavy (non-hydrogen) atoms. The second-order valence-electron chi connectivity index (χ2n) is 5.37. The average molecular weight is 232 g/mol. The van der Waals surface area contributed by atoms with Gasteiger partial charge < -0.3 is 10.4 Å². The first kappa shape index (κ1) is 11.2. The van der Waals surface area contributed by atoms with Crippen molar-refractivity contribution in [3.63, 3.8) is 0 Å². The van der Waals surface area contributed by atoms with E-state index in [-0.39, 0.29) is 12.1 Å². The fourth-order valence-corrected chi connectivity index (χ4v) is 3.12. The molecule has 0 aliphatic carbocycles. The smallest absolute Gasteiger partial charge is 0.0628 e. The number of aliphatic hydroxyl groups excluding tert-OH is 1. The quantitative estimate of drug-likeness (QED) is 0.815. The van der Waals surface area contributed by atoms with Crippen molar-refractivity contribution in [3.05, 3.63) is 35.9 Å². The molecular weight excluding hydrogens is 212 g/mol. The lowest BCUT2D eigenvalue weighted by Gasteiger charge is -2.54. The molecule has 92 valence electrons. The minimum Gasteiger partial charge on any atom is -0.394 e. The van der Waals surface area contributed by atoms with Gasteiger partial charge in [0.05, 0.1) is 12.1 Å². The highest BCUT2D eigenvalue weighted by atomic mass is 16.3. The fraction of sp³-hybridized carbons (Fsp3) is 0.571. The van der Waals surface area contributed by atoms with Crippen LogP contribution < -0.4 is 5.32 Å². The maximum absolute atomic E-state index is 9.73. The minimum atomic E-state index is -0.0232. The van der Waals surface area contributed by atoms with Gasteiger partial charge in [0.1, 0.15) is 0 Å². The van der Waals surface area contributed by atoms with Crippen molar-refractivity contribution in [1.29, 1.82) is 0 Å². The molecule has 1 aromatic carbocycles. The van der Waals surface area contributed by atoms with E-state index in [1.54, 1.807) is 0 Å². The molecule has 2 N–H and O–H groups in total. The van der Waals surface area contributed by atoms with E-state index < -0.39 is 0 Å². The largest absolute Gasteiger partial charge is 0.394 e. The number of rotatable bonds is 3. The zero-order valence-corrected chi connectivity index (χ0v) is 10.1. The van der Waals surface area contributed by atoms with Crippen molar-refractivity contribution in [3.8, 4) is 0 Å². The Morgan fingerprint density at radius 1 is 1.35 bits per heavy atom. The van der Waals surface area contributed by atoms with E-state index in [1.807, 2.05) is 0 Å². The van der Waals surface area contributed by atoms with Crippen LogP contribution in [0.2, 0.25) is 0 Å². The zero-order valence-electron chi connectivity index (χ0n) is 10.1. The summed E-state index contributed by atoms with van der Waals surface area (Å²) in [5, 5.41) is 13.3. The van der Waals surface area contributed by atoms with Crippen LogP contribution in [0.3, 0.4) is 0 Å². The van der Waals surface area contributed by atoms with Crippen LogP contribution in [0.15, 0.2) is 30.3 Å². The lowest BCUT2D eigenvalue weighted by Crippen LogP contribution is -2.70. The molecule has 3 heteroatoms. The minimum absolute atomic E-state index is 0.0232. The first-order chi connectivity index (χ1) is 8.32. The Kier molecular flexibility index (Phi) is 2.90. The molecule has 0 radical (unpaired) electrons. The Balaban J connectivity index is 1.78. The summed E-state index contributed by atoms with van der Waals surface area (Å²) in [5.74, 6) is 0. The van der Waals surface area contributed by atoms with Crippen molar-refractivity contribution in [2.75, 3.05) is 19.7 Å². The molecule has 0 amide bonds. The van der Waals surface area contributed by atoms with E-state index in [0.717, 1.165) is 26.1 Å².